The van der Waals surface area contributed by atoms with Crippen LogP contribution in [0.25, 0.3) is 0 Å². The van der Waals surface area contributed by atoms with E-state index < -0.39 is 40.2 Å². The number of hydrogen-bond donors (Lipinski definition) is 3. The summed E-state index contributed by atoms with van der Waals surface area (Å²) in [4.78, 5) is 48.6. The van der Waals surface area contributed by atoms with E-state index in [4.69, 9.17) is 5.73 Å². The lowest BCUT2D eigenvalue weighted by Crippen LogP contribution is -2.71. The van der Waals surface area contributed by atoms with Crippen molar-refractivity contribution in [3.63, 3.8) is 0 Å². The second-order valence-corrected chi connectivity index (χ2v) is 8.99. The summed E-state index contributed by atoms with van der Waals surface area (Å²) in [7, 11) is 0. The number of nitrogens with one attached hydrogen (secondary N) is 1. The maximum atomic E-state index is 12.7. The van der Waals surface area contributed by atoms with E-state index in [0.29, 0.717) is 12.0 Å². The zero-order valence-corrected chi connectivity index (χ0v) is 18.0. The molecule has 170 valence electrons. The Morgan fingerprint density at radius 3 is 2.45 bits per heavy atom. The lowest BCUT2D eigenvalue weighted by molar-refractivity contribution is -0.384. The minimum absolute atomic E-state index is 0.0369. The van der Waals surface area contributed by atoms with Crippen molar-refractivity contribution < 1.29 is 24.4 Å². The van der Waals surface area contributed by atoms with Crippen molar-refractivity contribution in [3.05, 3.63) is 87.6 Å². The largest absolute Gasteiger partial charge is 0.477 e. The molecule has 0 aromatic heterocycles. The fourth-order valence-corrected chi connectivity index (χ4v) is 5.32. The molecule has 2 aliphatic heterocycles. The van der Waals surface area contributed by atoms with Gasteiger partial charge in [-0.1, -0.05) is 42.5 Å². The molecular formula is C22H20N4O6S. The number of β-lactam (4-membered cyclic amide) rings is 1. The molecule has 1 saturated heterocycles. The van der Waals surface area contributed by atoms with Gasteiger partial charge < -0.3 is 16.2 Å². The minimum Gasteiger partial charge on any atom is -0.477 e. The Morgan fingerprint density at radius 1 is 1.18 bits per heavy atom. The van der Waals surface area contributed by atoms with Crippen molar-refractivity contribution >= 4 is 35.2 Å². The maximum Gasteiger partial charge on any atom is 0.352 e. The fourth-order valence-electron chi connectivity index (χ4n) is 3.79. The predicted molar refractivity (Wildman–Crippen MR) is 120 cm³/mol. The lowest BCUT2D eigenvalue weighted by atomic mass is 10.0. The molecule has 4 rings (SSSR count). The monoisotopic (exact) mass is 468 g/mol. The summed E-state index contributed by atoms with van der Waals surface area (Å²) in [5.41, 5.74) is 7.22. The molecule has 2 aromatic rings. The SMILES string of the molecule is N[C@@H](C(=O)NC1C(=O)N2C(C(=O)O)=CC(Cc3ccc([N+](=O)[O-])cc3)S[C@H]12)c1ccccc1. The van der Waals surface area contributed by atoms with Crippen molar-refractivity contribution in [1.82, 2.24) is 10.2 Å². The number of rotatable bonds is 7. The molecule has 11 heteroatoms. The van der Waals surface area contributed by atoms with Crippen LogP contribution in [0.2, 0.25) is 0 Å². The first kappa shape index (κ1) is 22.5. The first-order valence-corrected chi connectivity index (χ1v) is 11.0. The molecule has 2 heterocycles. The summed E-state index contributed by atoms with van der Waals surface area (Å²) in [6.45, 7) is 0. The Balaban J connectivity index is 1.49. The van der Waals surface area contributed by atoms with Crippen molar-refractivity contribution in [1.29, 1.82) is 0 Å². The fraction of sp³-hybridized carbons (Fsp3) is 0.227. The van der Waals surface area contributed by atoms with E-state index in [9.17, 15) is 29.6 Å². The molecule has 4 N–H and O–H groups in total. The van der Waals surface area contributed by atoms with Gasteiger partial charge in [-0.05, 0) is 23.6 Å². The summed E-state index contributed by atoms with van der Waals surface area (Å²) < 4.78 is 0. The van der Waals surface area contributed by atoms with Gasteiger partial charge in [0, 0.05) is 17.4 Å². The highest BCUT2D eigenvalue weighted by Crippen LogP contribution is 2.42. The van der Waals surface area contributed by atoms with E-state index in [0.717, 1.165) is 5.56 Å². The molecule has 0 saturated carbocycles. The molecule has 0 radical (unpaired) electrons. The van der Waals surface area contributed by atoms with Crippen LogP contribution in [0.3, 0.4) is 0 Å². The van der Waals surface area contributed by atoms with Gasteiger partial charge >= 0.3 is 5.97 Å². The number of benzene rings is 2. The summed E-state index contributed by atoms with van der Waals surface area (Å²) in [6, 6.07) is 12.9. The molecule has 2 amide bonds. The maximum absolute atomic E-state index is 12.7. The van der Waals surface area contributed by atoms with Gasteiger partial charge in [-0.15, -0.1) is 11.8 Å². The van der Waals surface area contributed by atoms with Crippen molar-refractivity contribution in [2.75, 3.05) is 0 Å². The highest BCUT2D eigenvalue weighted by Gasteiger charge is 2.54. The summed E-state index contributed by atoms with van der Waals surface area (Å²) in [5.74, 6) is -2.28. The number of nitrogens with two attached hydrogens (primary N) is 1. The van der Waals surface area contributed by atoms with Gasteiger partial charge in [0.25, 0.3) is 11.6 Å². The smallest absolute Gasteiger partial charge is 0.352 e. The second kappa shape index (κ2) is 9.04. The van der Waals surface area contributed by atoms with Crippen LogP contribution in [-0.2, 0) is 20.8 Å². The average molecular weight is 468 g/mol. The van der Waals surface area contributed by atoms with E-state index in [2.05, 4.69) is 5.32 Å². The van der Waals surface area contributed by atoms with E-state index >= 15 is 0 Å². The molecule has 4 atom stereocenters. The van der Waals surface area contributed by atoms with E-state index in [1.807, 2.05) is 0 Å². The number of carbonyl (C=O) groups excluding carboxylic acids is 2. The Bertz CT molecular complexity index is 1140. The normalized spacial score (nSPS) is 22.5. The molecule has 33 heavy (non-hydrogen) atoms. The summed E-state index contributed by atoms with van der Waals surface area (Å²) in [5, 5.41) is 22.2. The minimum atomic E-state index is -1.24. The third-order valence-electron chi connectivity index (χ3n) is 5.50. The molecular weight excluding hydrogens is 448 g/mol. The van der Waals surface area contributed by atoms with Crippen LogP contribution in [0.15, 0.2) is 66.4 Å². The molecule has 2 aromatic carbocycles. The predicted octanol–water partition coefficient (Wildman–Crippen LogP) is 1.57. The van der Waals surface area contributed by atoms with Gasteiger partial charge in [-0.3, -0.25) is 24.6 Å². The van der Waals surface area contributed by atoms with Gasteiger partial charge in [0.1, 0.15) is 23.2 Å². The molecule has 0 aliphatic carbocycles. The standard InChI is InChI=1S/C22H20N4O6S/c23-17(13-4-2-1-3-5-13)19(27)24-18-20(28)25-16(22(29)30)11-15(33-21(18)25)10-12-6-8-14(9-7-12)26(31)32/h1-9,11,15,17-18,21H,10,23H2,(H,24,27)(H,29,30)/t15?,17-,18?,21-/m1/s1. The van der Waals surface area contributed by atoms with Crippen molar-refractivity contribution in [3.8, 4) is 0 Å². The highest BCUT2D eigenvalue weighted by molar-refractivity contribution is 8.00. The first-order chi connectivity index (χ1) is 15.8. The quantitative estimate of drug-likeness (QED) is 0.314. The number of nitrogens with zero attached hydrogens (tertiary/aromatic N) is 2. The first-order valence-electron chi connectivity index (χ1n) is 10.0. The number of thioether (sulfide) groups is 1. The number of carbonyl (C=O) groups is 3. The molecule has 0 bridgehead atoms. The molecule has 2 unspecified atom stereocenters. The van der Waals surface area contributed by atoms with Gasteiger partial charge in [-0.25, -0.2) is 4.79 Å². The van der Waals surface area contributed by atoms with Crippen LogP contribution in [0, 0.1) is 10.1 Å². The molecule has 10 nitrogen and oxygen atoms in total. The summed E-state index contributed by atoms with van der Waals surface area (Å²) in [6.07, 6.45) is 1.90. The van der Waals surface area contributed by atoms with Gasteiger partial charge in [0.2, 0.25) is 5.91 Å². The number of nitro groups is 1. The number of amides is 2. The van der Waals surface area contributed by atoms with Crippen LogP contribution < -0.4 is 11.1 Å². The number of aliphatic carboxylic acids is 1. The van der Waals surface area contributed by atoms with E-state index in [1.165, 1.54) is 34.9 Å². The molecule has 1 fully saturated rings. The summed E-state index contributed by atoms with van der Waals surface area (Å²) >= 11 is 1.35. The third-order valence-corrected chi connectivity index (χ3v) is 6.92. The van der Waals surface area contributed by atoms with Gasteiger partial charge in [0.05, 0.1) is 4.92 Å². The molecule has 2 aliphatic rings. The highest BCUT2D eigenvalue weighted by atomic mass is 32.2. The Kier molecular flexibility index (Phi) is 6.16. The van der Waals surface area contributed by atoms with Crippen LogP contribution in [-0.4, -0.2) is 49.4 Å². The second-order valence-electron chi connectivity index (χ2n) is 7.63. The number of carboxylic acids is 1. The topological polar surface area (TPSA) is 156 Å². The van der Waals surface area contributed by atoms with Crippen LogP contribution >= 0.6 is 11.8 Å². The van der Waals surface area contributed by atoms with Crippen molar-refractivity contribution in [2.45, 2.75) is 29.1 Å². The van der Waals surface area contributed by atoms with Gasteiger partial charge in [0.15, 0.2) is 0 Å². The molecule has 0 spiro atoms. The zero-order valence-electron chi connectivity index (χ0n) is 17.2. The number of non-ortho nitro benzene ring substituents is 1. The Morgan fingerprint density at radius 2 is 1.85 bits per heavy atom. The third kappa shape index (κ3) is 4.45. The van der Waals surface area contributed by atoms with E-state index in [1.54, 1.807) is 42.5 Å². The van der Waals surface area contributed by atoms with Crippen molar-refractivity contribution in [2.24, 2.45) is 5.73 Å². The van der Waals surface area contributed by atoms with Gasteiger partial charge in [-0.2, -0.15) is 0 Å². The number of nitro benzene ring substituents is 1. The van der Waals surface area contributed by atoms with Crippen LogP contribution in [0.5, 0.6) is 0 Å². The van der Waals surface area contributed by atoms with Crippen LogP contribution in [0.4, 0.5) is 5.69 Å². The lowest BCUT2D eigenvalue weighted by Gasteiger charge is -2.50. The number of fused-ring (bicyclic) bond motifs is 1. The Hall–Kier alpha value is -3.70. The number of hydrogen-bond acceptors (Lipinski definition) is 7. The van der Waals surface area contributed by atoms with Crippen LogP contribution in [0.1, 0.15) is 17.2 Å². The van der Waals surface area contributed by atoms with E-state index in [-0.39, 0.29) is 16.6 Å². The Labute approximate surface area is 192 Å². The zero-order chi connectivity index (χ0) is 23.7. The average Bonchev–Trinajstić information content (AvgIpc) is 2.82. The number of carboxylic acid groups (broad SMARTS) is 1.